The topological polar surface area (TPSA) is 41.5 Å². The molecule has 0 amide bonds. The maximum absolute atomic E-state index is 10.1. The molecule has 18 heavy (non-hydrogen) atoms. The van der Waals surface area contributed by atoms with E-state index in [1.165, 1.54) is 5.56 Å². The van der Waals surface area contributed by atoms with E-state index in [-0.39, 0.29) is 12.1 Å². The van der Waals surface area contributed by atoms with Crippen molar-refractivity contribution in [3.05, 3.63) is 29.8 Å². The fourth-order valence-electron chi connectivity index (χ4n) is 2.87. The zero-order valence-electron chi connectivity index (χ0n) is 11.4. The van der Waals surface area contributed by atoms with E-state index in [1.54, 1.807) is 7.11 Å². The molecule has 0 aliphatic carbocycles. The van der Waals surface area contributed by atoms with Gasteiger partial charge in [0.05, 0.1) is 13.2 Å². The van der Waals surface area contributed by atoms with Crippen molar-refractivity contribution < 1.29 is 9.84 Å². The molecule has 0 spiro atoms. The number of hydrogen-bond acceptors (Lipinski definition) is 3. The molecule has 0 saturated carbocycles. The van der Waals surface area contributed by atoms with Crippen LogP contribution in [0.2, 0.25) is 0 Å². The molecular formula is C15H23NO2. The minimum absolute atomic E-state index is 0.165. The first-order valence-corrected chi connectivity index (χ1v) is 6.73. The van der Waals surface area contributed by atoms with Crippen LogP contribution in [0.3, 0.4) is 0 Å². The first-order valence-electron chi connectivity index (χ1n) is 6.73. The standard InChI is InChI=1S/C15H23NO2/c1-4-14(17)15-13(9-10(2)16-15)11-5-7-12(18-3)8-6-11/h5-8,10,13-17H,4,9H2,1-3H3/t10-,13-,14+,15+/m1/s1. The number of aliphatic hydroxyl groups excluding tert-OH is 1. The summed E-state index contributed by atoms with van der Waals surface area (Å²) in [7, 11) is 1.68. The molecule has 4 atom stereocenters. The van der Waals surface area contributed by atoms with Crippen LogP contribution >= 0.6 is 0 Å². The molecule has 1 aromatic carbocycles. The fraction of sp³-hybridized carbons (Fsp3) is 0.600. The maximum atomic E-state index is 10.1. The summed E-state index contributed by atoms with van der Waals surface area (Å²) in [6, 6.07) is 8.83. The van der Waals surface area contributed by atoms with Crippen LogP contribution in [0.1, 0.15) is 38.2 Å². The van der Waals surface area contributed by atoms with Gasteiger partial charge in [-0.1, -0.05) is 19.1 Å². The van der Waals surface area contributed by atoms with Crippen molar-refractivity contribution in [1.29, 1.82) is 0 Å². The molecule has 1 heterocycles. The van der Waals surface area contributed by atoms with Gasteiger partial charge < -0.3 is 15.2 Å². The Kier molecular flexibility index (Phi) is 4.25. The lowest BCUT2D eigenvalue weighted by Crippen LogP contribution is -2.39. The number of benzene rings is 1. The second-order valence-electron chi connectivity index (χ2n) is 5.18. The van der Waals surface area contributed by atoms with Gasteiger partial charge in [0.15, 0.2) is 0 Å². The summed E-state index contributed by atoms with van der Waals surface area (Å²) in [5, 5.41) is 13.6. The molecule has 1 aromatic rings. The molecule has 100 valence electrons. The number of ether oxygens (including phenoxy) is 1. The van der Waals surface area contributed by atoms with E-state index in [1.807, 2.05) is 19.1 Å². The molecule has 1 aliphatic rings. The number of nitrogens with one attached hydrogen (secondary N) is 1. The summed E-state index contributed by atoms with van der Waals surface area (Å²) in [5.41, 5.74) is 1.28. The lowest BCUT2D eigenvalue weighted by Gasteiger charge is -2.24. The summed E-state index contributed by atoms with van der Waals surface area (Å²) in [6.07, 6.45) is 1.59. The van der Waals surface area contributed by atoms with Crippen LogP contribution < -0.4 is 10.1 Å². The number of methoxy groups -OCH3 is 1. The van der Waals surface area contributed by atoms with Crippen LogP contribution in [0.15, 0.2) is 24.3 Å². The molecule has 0 unspecified atom stereocenters. The van der Waals surface area contributed by atoms with Crippen LogP contribution in [-0.2, 0) is 0 Å². The fourth-order valence-corrected chi connectivity index (χ4v) is 2.87. The van der Waals surface area contributed by atoms with E-state index in [2.05, 4.69) is 24.4 Å². The van der Waals surface area contributed by atoms with Crippen LogP contribution in [0.5, 0.6) is 5.75 Å². The molecule has 1 aliphatic heterocycles. The molecule has 2 N–H and O–H groups in total. The molecule has 3 heteroatoms. The number of rotatable bonds is 4. The normalized spacial score (nSPS) is 29.2. The Morgan fingerprint density at radius 1 is 1.39 bits per heavy atom. The highest BCUT2D eigenvalue weighted by Crippen LogP contribution is 2.33. The SMILES string of the molecule is CC[C@H](O)[C@H]1N[C@H](C)C[C@@H]1c1ccc(OC)cc1. The largest absolute Gasteiger partial charge is 0.497 e. The lowest BCUT2D eigenvalue weighted by atomic mass is 9.87. The highest BCUT2D eigenvalue weighted by atomic mass is 16.5. The van der Waals surface area contributed by atoms with E-state index >= 15 is 0 Å². The zero-order chi connectivity index (χ0) is 13.1. The molecule has 0 radical (unpaired) electrons. The molecule has 3 nitrogen and oxygen atoms in total. The molecule has 0 bridgehead atoms. The third kappa shape index (κ3) is 2.68. The minimum Gasteiger partial charge on any atom is -0.497 e. The van der Waals surface area contributed by atoms with E-state index < -0.39 is 0 Å². The van der Waals surface area contributed by atoms with Crippen LogP contribution in [-0.4, -0.2) is 30.4 Å². The first-order chi connectivity index (χ1) is 8.65. The van der Waals surface area contributed by atoms with Gasteiger partial charge in [-0.3, -0.25) is 0 Å². The third-order valence-corrected chi connectivity index (χ3v) is 3.89. The third-order valence-electron chi connectivity index (χ3n) is 3.89. The smallest absolute Gasteiger partial charge is 0.118 e. The quantitative estimate of drug-likeness (QED) is 0.860. The predicted molar refractivity (Wildman–Crippen MR) is 73.0 cm³/mol. The van der Waals surface area contributed by atoms with Gasteiger partial charge in [0.25, 0.3) is 0 Å². The van der Waals surface area contributed by atoms with Gasteiger partial charge in [-0.2, -0.15) is 0 Å². The Morgan fingerprint density at radius 3 is 2.61 bits per heavy atom. The second-order valence-corrected chi connectivity index (χ2v) is 5.18. The van der Waals surface area contributed by atoms with Crippen molar-refractivity contribution in [2.75, 3.05) is 7.11 Å². The van der Waals surface area contributed by atoms with Gasteiger partial charge in [0.1, 0.15) is 5.75 Å². The maximum Gasteiger partial charge on any atom is 0.118 e. The van der Waals surface area contributed by atoms with Gasteiger partial charge in [-0.15, -0.1) is 0 Å². The summed E-state index contributed by atoms with van der Waals surface area (Å²) < 4.78 is 5.18. The van der Waals surface area contributed by atoms with Crippen molar-refractivity contribution in [2.24, 2.45) is 0 Å². The van der Waals surface area contributed by atoms with Gasteiger partial charge in [0, 0.05) is 18.0 Å². The van der Waals surface area contributed by atoms with Crippen LogP contribution in [0, 0.1) is 0 Å². The summed E-state index contributed by atoms with van der Waals surface area (Å²) in [6.45, 7) is 4.21. The van der Waals surface area contributed by atoms with E-state index in [9.17, 15) is 5.11 Å². The summed E-state index contributed by atoms with van der Waals surface area (Å²) in [4.78, 5) is 0. The Balaban J connectivity index is 2.18. The van der Waals surface area contributed by atoms with Gasteiger partial charge in [-0.05, 0) is 37.5 Å². The van der Waals surface area contributed by atoms with E-state index in [4.69, 9.17) is 4.74 Å². The Morgan fingerprint density at radius 2 is 2.06 bits per heavy atom. The average molecular weight is 249 g/mol. The van der Waals surface area contributed by atoms with E-state index in [0.717, 1.165) is 18.6 Å². The summed E-state index contributed by atoms with van der Waals surface area (Å²) >= 11 is 0. The minimum atomic E-state index is -0.276. The molecule has 1 saturated heterocycles. The molecular weight excluding hydrogens is 226 g/mol. The van der Waals surface area contributed by atoms with Crippen LogP contribution in [0.4, 0.5) is 0 Å². The van der Waals surface area contributed by atoms with Crippen molar-refractivity contribution in [3.8, 4) is 5.75 Å². The van der Waals surface area contributed by atoms with Crippen molar-refractivity contribution >= 4 is 0 Å². The van der Waals surface area contributed by atoms with E-state index in [0.29, 0.717) is 12.0 Å². The number of hydrogen-bond donors (Lipinski definition) is 2. The Labute approximate surface area is 109 Å². The zero-order valence-corrected chi connectivity index (χ0v) is 11.4. The summed E-state index contributed by atoms with van der Waals surface area (Å²) in [5.74, 6) is 1.27. The highest BCUT2D eigenvalue weighted by molar-refractivity contribution is 5.31. The molecule has 2 rings (SSSR count). The first kappa shape index (κ1) is 13.4. The van der Waals surface area contributed by atoms with Gasteiger partial charge >= 0.3 is 0 Å². The second kappa shape index (κ2) is 5.72. The Bertz CT molecular complexity index is 377. The highest BCUT2D eigenvalue weighted by Gasteiger charge is 2.36. The predicted octanol–water partition coefficient (Wildman–Crippen LogP) is 2.30. The van der Waals surface area contributed by atoms with Crippen LogP contribution in [0.25, 0.3) is 0 Å². The van der Waals surface area contributed by atoms with Crippen molar-refractivity contribution in [2.45, 2.75) is 50.8 Å². The van der Waals surface area contributed by atoms with Gasteiger partial charge in [0.2, 0.25) is 0 Å². The molecule has 0 aromatic heterocycles. The monoisotopic (exact) mass is 249 g/mol. The number of aliphatic hydroxyl groups is 1. The van der Waals surface area contributed by atoms with Crippen molar-refractivity contribution in [1.82, 2.24) is 5.32 Å². The average Bonchev–Trinajstić information content (AvgIpc) is 2.80. The molecule has 1 fully saturated rings. The van der Waals surface area contributed by atoms with Gasteiger partial charge in [-0.25, -0.2) is 0 Å². The lowest BCUT2D eigenvalue weighted by molar-refractivity contribution is 0.123. The van der Waals surface area contributed by atoms with Crippen molar-refractivity contribution in [3.63, 3.8) is 0 Å². The Hall–Kier alpha value is -1.06.